The van der Waals surface area contributed by atoms with Crippen molar-refractivity contribution in [1.29, 1.82) is 0 Å². The fourth-order valence-electron chi connectivity index (χ4n) is 25.8. The first-order chi connectivity index (χ1) is 69.4. The molecule has 28 aromatic rings. The fraction of sp³-hybridized carbons (Fsp3) is 0.0645. The van der Waals surface area contributed by atoms with Gasteiger partial charge in [0.1, 0.15) is 45.0 Å². The van der Waals surface area contributed by atoms with Gasteiger partial charge in [0, 0.05) is 110 Å². The number of nitrogens with zero attached hydrogens (tertiary/aromatic N) is 16. The topological polar surface area (TPSA) is 172 Å². The monoisotopic (exact) mass is 1780 g/mol. The lowest BCUT2D eigenvalue weighted by Gasteiger charge is -2.09. The Kier molecular flexibility index (Phi) is 14.9. The average Bonchev–Trinajstić information content (AvgIpc) is 1.55. The number of fused-ring (bicyclic) bond motifs is 60. The van der Waals surface area contributed by atoms with Crippen molar-refractivity contribution in [3.8, 4) is 89.0 Å². The SMILES string of the molecule is c1ccc2c(c1)Cc1c-2ccc2c1Cc1cc3nc4c5cccnc5c5cccnc5n4c3cc1-2.c1ccc2c(c1)Cc1c-2ccc2c1Cc1cc3nc4c5ccncc5c5cccnc5n4c3cc1-2.c1ccc2c(c1)Cc1c-2ccc2c1Cc1cc3nc4c5cnccc5c5cccnc5n4c3cc1-2.c1ccc2c(c1)Cc1c-2ccc2c1Cc1cc3nc4c5ncccc5c5cccnc5n4c3cc1-2. The van der Waals surface area contributed by atoms with E-state index in [4.69, 9.17) is 44.9 Å². The minimum absolute atomic E-state index is 0.870. The highest BCUT2D eigenvalue weighted by Crippen LogP contribution is 2.55. The van der Waals surface area contributed by atoms with Gasteiger partial charge in [-0.1, -0.05) is 152 Å². The van der Waals surface area contributed by atoms with Gasteiger partial charge >= 0.3 is 0 Å². The molecule has 0 aliphatic heterocycles. The summed E-state index contributed by atoms with van der Waals surface area (Å²) in [5.74, 6) is 0. The maximum Gasteiger partial charge on any atom is 0.166 e. The van der Waals surface area contributed by atoms with E-state index in [1.54, 1.807) is 0 Å². The van der Waals surface area contributed by atoms with Crippen molar-refractivity contribution in [2.24, 2.45) is 0 Å². The van der Waals surface area contributed by atoms with E-state index in [1.165, 1.54) is 178 Å². The zero-order chi connectivity index (χ0) is 90.7. The smallest absolute Gasteiger partial charge is 0.166 e. The summed E-state index contributed by atoms with van der Waals surface area (Å²) in [5, 5.41) is 10.9. The first-order valence-electron chi connectivity index (χ1n) is 48.2. The van der Waals surface area contributed by atoms with E-state index in [0.29, 0.717) is 0 Å². The van der Waals surface area contributed by atoms with Crippen molar-refractivity contribution in [3.63, 3.8) is 0 Å². The first-order valence-corrected chi connectivity index (χ1v) is 48.2. The van der Waals surface area contributed by atoms with Crippen LogP contribution < -0.4 is 0 Å². The van der Waals surface area contributed by atoms with Crippen LogP contribution in [0.15, 0.2) is 341 Å². The molecule has 0 amide bonds. The van der Waals surface area contributed by atoms with Gasteiger partial charge in [0.25, 0.3) is 0 Å². The molecule has 0 saturated carbocycles. The van der Waals surface area contributed by atoms with Crippen LogP contribution in [0.5, 0.6) is 0 Å². The minimum atomic E-state index is 0.870. The van der Waals surface area contributed by atoms with Crippen LogP contribution in [0, 0.1) is 0 Å². The maximum atomic E-state index is 5.13. The molecule has 0 N–H and O–H groups in total. The zero-order valence-corrected chi connectivity index (χ0v) is 75.1. The first kappa shape index (κ1) is 75.1. The third-order valence-corrected chi connectivity index (χ3v) is 31.9. The van der Waals surface area contributed by atoms with Gasteiger partial charge in [-0.05, 0) is 362 Å². The molecule has 0 atom stereocenters. The lowest BCUT2D eigenvalue weighted by Crippen LogP contribution is -1.95. The predicted molar refractivity (Wildman–Crippen MR) is 559 cm³/mol. The van der Waals surface area contributed by atoms with Crippen LogP contribution >= 0.6 is 0 Å². The number of hydrogen-bond acceptors (Lipinski definition) is 12. The Morgan fingerprint density at radius 1 is 0.164 bits per heavy atom. The Hall–Kier alpha value is -18.3. The molecular weight excluding hydrogens is 1710 g/mol. The highest BCUT2D eigenvalue weighted by Gasteiger charge is 2.36. The number of pyridine rings is 12. The van der Waals surface area contributed by atoms with Gasteiger partial charge in [-0.15, -0.1) is 0 Å². The molecule has 0 unspecified atom stereocenters. The standard InChI is InChI=1S/4C31H18N4/c1-2-6-19-17(5-1)13-25-20(19)9-10-21-24-16-28-27(15-18(24)14-26(21)25)34-31-23-8-3-11-32-29(23)22-7-4-12-33-30(22)35(28)31;1-2-6-19-17(5-1)13-25-20(19)9-10-21-24-16-28-27(15-18(24)14-26(21)25)34-31-29-22(7-3-11-32-29)23-8-4-12-33-30(23)35(28)31;1-2-5-19-17(4-1)12-25-20(19)7-8-21-24-15-29-28(14-18(24)13-26(21)25)34-31-27-16-32-11-9-22(27)23-6-3-10-33-30(23)35(29)31;1-2-5-19-17(4-1)12-25-20(19)7-8-21-24-15-29-28(14-18(24)13-26(21)25)34-31-23-9-11-32-16-27(23)22-6-3-10-33-30(22)35(29)31/h2*1-12,15-16H,13-14H2;2*1-11,14-16H,12-13H2. The molecule has 12 aromatic carbocycles. The number of benzene rings is 12. The second-order valence-corrected chi connectivity index (χ2v) is 38.7. The van der Waals surface area contributed by atoms with E-state index in [2.05, 4.69) is 275 Å². The van der Waals surface area contributed by atoms with E-state index in [9.17, 15) is 0 Å². The lowest BCUT2D eigenvalue weighted by molar-refractivity contribution is 1.16. The molecule has 0 radical (unpaired) electrons. The van der Waals surface area contributed by atoms with Crippen LogP contribution in [-0.4, -0.2) is 77.4 Å². The van der Waals surface area contributed by atoms with Crippen LogP contribution in [-0.2, 0) is 51.4 Å². The van der Waals surface area contributed by atoms with E-state index in [-0.39, 0.29) is 0 Å². The van der Waals surface area contributed by atoms with E-state index in [0.717, 1.165) is 206 Å². The summed E-state index contributed by atoms with van der Waals surface area (Å²) < 4.78 is 8.86. The molecule has 16 aromatic heterocycles. The summed E-state index contributed by atoms with van der Waals surface area (Å²) in [4.78, 5) is 57.8. The van der Waals surface area contributed by atoms with E-state index < -0.39 is 0 Å². The fourth-order valence-corrected chi connectivity index (χ4v) is 25.8. The Labute approximate surface area is 796 Å². The molecule has 16 heteroatoms. The van der Waals surface area contributed by atoms with Crippen LogP contribution in [0.3, 0.4) is 0 Å². The van der Waals surface area contributed by atoms with Gasteiger partial charge < -0.3 is 0 Å². The molecule has 0 fully saturated rings. The predicted octanol–water partition coefficient (Wildman–Crippen LogP) is 26.9. The van der Waals surface area contributed by atoms with Crippen LogP contribution in [0.4, 0.5) is 0 Å². The van der Waals surface area contributed by atoms with Gasteiger partial charge in [-0.2, -0.15) is 0 Å². The third kappa shape index (κ3) is 10.3. The Morgan fingerprint density at radius 3 is 0.821 bits per heavy atom. The zero-order valence-electron chi connectivity index (χ0n) is 75.1. The number of imidazole rings is 4. The van der Waals surface area contributed by atoms with Gasteiger partial charge in [-0.25, -0.2) is 39.9 Å². The molecule has 8 aliphatic rings. The summed E-state index contributed by atoms with van der Waals surface area (Å²) in [6.45, 7) is 0. The van der Waals surface area contributed by atoms with Crippen LogP contribution in [0.2, 0.25) is 0 Å². The highest BCUT2D eigenvalue weighted by molar-refractivity contribution is 6.17. The average molecular weight is 1790 g/mol. The second kappa shape index (κ2) is 27.7. The third-order valence-electron chi connectivity index (χ3n) is 31.9. The Bertz CT molecular complexity index is 9460. The van der Waals surface area contributed by atoms with Crippen molar-refractivity contribution in [1.82, 2.24) is 77.4 Å². The van der Waals surface area contributed by atoms with Gasteiger partial charge in [-0.3, -0.25) is 37.5 Å². The van der Waals surface area contributed by atoms with Crippen molar-refractivity contribution < 1.29 is 0 Å². The largest absolute Gasteiger partial charge is 0.276 e. The molecule has 36 rings (SSSR count). The second-order valence-electron chi connectivity index (χ2n) is 38.7. The molecule has 8 aliphatic carbocycles. The van der Waals surface area contributed by atoms with E-state index >= 15 is 0 Å². The summed E-state index contributed by atoms with van der Waals surface area (Å²) in [7, 11) is 0. The molecule has 16 nitrogen and oxygen atoms in total. The van der Waals surface area contributed by atoms with Crippen molar-refractivity contribution in [2.45, 2.75) is 51.4 Å². The molecule has 648 valence electrons. The summed E-state index contributed by atoms with van der Waals surface area (Å²) in [6, 6.07) is 101. The van der Waals surface area contributed by atoms with Crippen molar-refractivity contribution in [3.05, 3.63) is 430 Å². The molecular formula is C124H72N16. The molecule has 16 heterocycles. The number of hydrogen-bond donors (Lipinski definition) is 0. The molecule has 0 bridgehead atoms. The molecule has 0 spiro atoms. The summed E-state index contributed by atoms with van der Waals surface area (Å²) in [6.07, 6.45) is 26.6. The van der Waals surface area contributed by atoms with Crippen LogP contribution in [0.1, 0.15) is 89.0 Å². The normalized spacial score (nSPS) is 13.5. The van der Waals surface area contributed by atoms with Crippen molar-refractivity contribution >= 4 is 154 Å². The van der Waals surface area contributed by atoms with Crippen LogP contribution in [0.25, 0.3) is 243 Å². The van der Waals surface area contributed by atoms with Crippen molar-refractivity contribution in [2.75, 3.05) is 0 Å². The summed E-state index contributed by atoms with van der Waals surface area (Å²) >= 11 is 0. The van der Waals surface area contributed by atoms with E-state index in [1.807, 2.05) is 98.4 Å². The number of aromatic nitrogens is 16. The maximum absolute atomic E-state index is 5.13. The quantitative estimate of drug-likeness (QED) is 0.132. The number of rotatable bonds is 0. The Morgan fingerprint density at radius 2 is 0.429 bits per heavy atom. The summed E-state index contributed by atoms with van der Waals surface area (Å²) in [5.41, 5.74) is 62.7. The Balaban J connectivity index is 0.0000000829. The molecule has 0 saturated heterocycles. The van der Waals surface area contributed by atoms with Gasteiger partial charge in [0.15, 0.2) is 5.65 Å². The van der Waals surface area contributed by atoms with Gasteiger partial charge in [0.2, 0.25) is 0 Å². The molecule has 140 heavy (non-hydrogen) atoms. The minimum Gasteiger partial charge on any atom is -0.276 e. The van der Waals surface area contributed by atoms with Gasteiger partial charge in [0.05, 0.1) is 49.7 Å². The highest BCUT2D eigenvalue weighted by atomic mass is 15.1. The lowest BCUT2D eigenvalue weighted by atomic mass is 9.96.